The van der Waals surface area contributed by atoms with Gasteiger partial charge in [-0.2, -0.15) is 0 Å². The van der Waals surface area contributed by atoms with Crippen molar-refractivity contribution in [2.24, 2.45) is 35.0 Å². The fourth-order valence-electron chi connectivity index (χ4n) is 8.46. The van der Waals surface area contributed by atoms with E-state index >= 15 is 0 Å². The molecule has 24 heavy (non-hydrogen) atoms. The summed E-state index contributed by atoms with van der Waals surface area (Å²) in [5.74, 6) is 4.90. The number of hydrogen-bond acceptors (Lipinski definition) is 1. The minimum absolute atomic E-state index is 0.382. The average molecular weight is 331 g/mol. The lowest BCUT2D eigenvalue weighted by molar-refractivity contribution is -0.0742. The zero-order valence-electron chi connectivity index (χ0n) is 16.1. The van der Waals surface area contributed by atoms with E-state index in [1.807, 2.05) is 0 Å². The summed E-state index contributed by atoms with van der Waals surface area (Å²) < 4.78 is 6.65. The highest BCUT2D eigenvalue weighted by Crippen LogP contribution is 2.71. The molecule has 1 aliphatic heterocycles. The van der Waals surface area contributed by atoms with Gasteiger partial charge >= 0.3 is 0 Å². The minimum atomic E-state index is 0.382. The van der Waals surface area contributed by atoms with E-state index in [2.05, 4.69) is 13.8 Å². The summed E-state index contributed by atoms with van der Waals surface area (Å²) in [6.45, 7) is 5.03. The van der Waals surface area contributed by atoms with Gasteiger partial charge in [-0.1, -0.05) is 46.0 Å². The van der Waals surface area contributed by atoms with Gasteiger partial charge < -0.3 is 4.74 Å². The first-order chi connectivity index (χ1) is 11.7. The van der Waals surface area contributed by atoms with Crippen LogP contribution < -0.4 is 0 Å². The number of epoxide rings is 1. The lowest BCUT2D eigenvalue weighted by atomic mass is 9.47. The summed E-state index contributed by atoms with van der Waals surface area (Å²) in [6, 6.07) is 0. The molecule has 0 bridgehead atoms. The summed E-state index contributed by atoms with van der Waals surface area (Å²) in [5.41, 5.74) is 1.05. The van der Waals surface area contributed by atoms with Crippen LogP contribution in [0.5, 0.6) is 0 Å². The van der Waals surface area contributed by atoms with Crippen molar-refractivity contribution in [2.45, 2.75) is 109 Å². The third-order valence-corrected chi connectivity index (χ3v) is 9.64. The van der Waals surface area contributed by atoms with Crippen molar-refractivity contribution in [2.75, 3.05) is 0 Å². The van der Waals surface area contributed by atoms with Gasteiger partial charge in [-0.25, -0.2) is 0 Å². The molecule has 1 heteroatoms. The fraction of sp³-hybridized carbons (Fsp3) is 1.00. The maximum atomic E-state index is 6.65. The average Bonchev–Trinajstić information content (AvgIpc) is 3.21. The third-order valence-electron chi connectivity index (χ3n) is 9.64. The van der Waals surface area contributed by atoms with Crippen LogP contribution in [0.2, 0.25) is 0 Å². The highest BCUT2D eigenvalue weighted by molar-refractivity contribution is 5.22. The van der Waals surface area contributed by atoms with E-state index < -0.39 is 0 Å². The van der Waals surface area contributed by atoms with Crippen LogP contribution in [0.15, 0.2) is 0 Å². The van der Waals surface area contributed by atoms with E-state index in [1.54, 1.807) is 0 Å². The second-order valence-electron chi connectivity index (χ2n) is 10.4. The smallest absolute Gasteiger partial charge is 0.101 e. The summed E-state index contributed by atoms with van der Waals surface area (Å²) in [6.07, 6.45) is 19.9. The highest BCUT2D eigenvalue weighted by atomic mass is 16.6. The molecule has 1 nitrogen and oxygen atoms in total. The van der Waals surface area contributed by atoms with Crippen LogP contribution in [0.1, 0.15) is 97.3 Å². The summed E-state index contributed by atoms with van der Waals surface area (Å²) in [4.78, 5) is 0. The largest absolute Gasteiger partial charge is 0.365 e. The molecule has 5 rings (SSSR count). The number of ether oxygens (including phenoxy) is 1. The predicted octanol–water partition coefficient (Wildman–Crippen LogP) is 6.36. The van der Waals surface area contributed by atoms with Gasteiger partial charge in [-0.3, -0.25) is 0 Å². The van der Waals surface area contributed by atoms with E-state index in [4.69, 9.17) is 4.74 Å². The Hall–Kier alpha value is -0.0400. The van der Waals surface area contributed by atoms with Crippen molar-refractivity contribution in [1.82, 2.24) is 0 Å². The van der Waals surface area contributed by atoms with Crippen molar-refractivity contribution in [1.29, 1.82) is 0 Å². The standard InChI is InChI=1S/C23H38O/c1-3-4-5-9-17-11-13-19-18-12-10-16-8-6-7-14-22(16,2)20(18)15-21-23(17,19)24-21/h16-21H,3-15H2,1-2H3/t16?,17?,18?,19?,20-,21-,22?,23?/m0/s1. The van der Waals surface area contributed by atoms with Gasteiger partial charge in [0.2, 0.25) is 0 Å². The van der Waals surface area contributed by atoms with Crippen molar-refractivity contribution in [3.63, 3.8) is 0 Å². The van der Waals surface area contributed by atoms with Crippen LogP contribution in [0.25, 0.3) is 0 Å². The normalized spacial score (nSPS) is 55.2. The first-order valence-corrected chi connectivity index (χ1v) is 11.4. The Kier molecular flexibility index (Phi) is 3.86. The predicted molar refractivity (Wildman–Crippen MR) is 98.9 cm³/mol. The summed E-state index contributed by atoms with van der Waals surface area (Å²) in [7, 11) is 0. The molecular formula is C23H38O. The summed E-state index contributed by atoms with van der Waals surface area (Å²) >= 11 is 0. The van der Waals surface area contributed by atoms with Crippen LogP contribution in [0.4, 0.5) is 0 Å². The maximum Gasteiger partial charge on any atom is 0.101 e. The van der Waals surface area contributed by atoms with E-state index in [9.17, 15) is 0 Å². The lowest BCUT2D eigenvalue weighted by Crippen LogP contribution is -2.52. The molecule has 0 aromatic carbocycles. The zero-order chi connectivity index (χ0) is 16.4. The number of fused-ring (bicyclic) bond motifs is 4. The quantitative estimate of drug-likeness (QED) is 0.432. The maximum absolute atomic E-state index is 6.65. The molecule has 4 saturated carbocycles. The minimum Gasteiger partial charge on any atom is -0.365 e. The Labute approximate surface area is 149 Å². The molecule has 5 fully saturated rings. The van der Waals surface area contributed by atoms with Crippen LogP contribution in [-0.2, 0) is 4.74 Å². The number of unbranched alkanes of at least 4 members (excludes halogenated alkanes) is 2. The van der Waals surface area contributed by atoms with E-state index in [0.29, 0.717) is 17.1 Å². The van der Waals surface area contributed by atoms with Gasteiger partial charge in [-0.15, -0.1) is 0 Å². The molecular weight excluding hydrogens is 292 g/mol. The molecule has 0 radical (unpaired) electrons. The second kappa shape index (κ2) is 5.73. The fourth-order valence-corrected chi connectivity index (χ4v) is 8.46. The molecule has 136 valence electrons. The Morgan fingerprint density at radius 3 is 2.75 bits per heavy atom. The molecule has 1 spiro atoms. The Morgan fingerprint density at radius 2 is 1.88 bits per heavy atom. The SMILES string of the molecule is CCCCCC1CCC2C3CCC4CCCCC4(C)[C@H]3C[C@@H]3OC123. The lowest BCUT2D eigenvalue weighted by Gasteiger charge is -2.57. The van der Waals surface area contributed by atoms with Gasteiger partial charge in [0.25, 0.3) is 0 Å². The Balaban J connectivity index is 1.36. The Morgan fingerprint density at radius 1 is 0.958 bits per heavy atom. The summed E-state index contributed by atoms with van der Waals surface area (Å²) in [5, 5.41) is 0. The van der Waals surface area contributed by atoms with Gasteiger partial charge in [0.1, 0.15) is 5.60 Å². The van der Waals surface area contributed by atoms with E-state index in [-0.39, 0.29) is 0 Å². The van der Waals surface area contributed by atoms with Crippen molar-refractivity contribution >= 4 is 0 Å². The van der Waals surface area contributed by atoms with Crippen molar-refractivity contribution in [3.05, 3.63) is 0 Å². The van der Waals surface area contributed by atoms with Gasteiger partial charge in [-0.05, 0) is 86.4 Å². The molecule has 6 unspecified atom stereocenters. The van der Waals surface area contributed by atoms with Gasteiger partial charge in [0, 0.05) is 0 Å². The first kappa shape index (κ1) is 16.2. The molecule has 0 N–H and O–H groups in total. The van der Waals surface area contributed by atoms with Gasteiger partial charge in [0.05, 0.1) is 6.10 Å². The monoisotopic (exact) mass is 330 g/mol. The zero-order valence-corrected chi connectivity index (χ0v) is 16.1. The number of rotatable bonds is 4. The molecule has 0 amide bonds. The molecule has 0 aromatic rings. The molecule has 4 aliphatic carbocycles. The first-order valence-electron chi connectivity index (χ1n) is 11.4. The van der Waals surface area contributed by atoms with Crippen LogP contribution in [0.3, 0.4) is 0 Å². The molecule has 1 saturated heterocycles. The van der Waals surface area contributed by atoms with Crippen molar-refractivity contribution < 1.29 is 4.74 Å². The van der Waals surface area contributed by atoms with Crippen LogP contribution >= 0.6 is 0 Å². The molecule has 1 heterocycles. The van der Waals surface area contributed by atoms with E-state index in [1.165, 1.54) is 83.5 Å². The van der Waals surface area contributed by atoms with Gasteiger partial charge in [0.15, 0.2) is 0 Å². The molecule has 5 aliphatic rings. The van der Waals surface area contributed by atoms with Crippen LogP contribution in [-0.4, -0.2) is 11.7 Å². The highest BCUT2D eigenvalue weighted by Gasteiger charge is 2.74. The topological polar surface area (TPSA) is 12.5 Å². The third kappa shape index (κ3) is 2.09. The molecule has 0 aromatic heterocycles. The molecule has 8 atom stereocenters. The van der Waals surface area contributed by atoms with Crippen LogP contribution in [0, 0.1) is 35.0 Å². The Bertz CT molecular complexity index is 486. The second-order valence-corrected chi connectivity index (χ2v) is 10.4. The van der Waals surface area contributed by atoms with Crippen molar-refractivity contribution in [3.8, 4) is 0 Å². The van der Waals surface area contributed by atoms with E-state index in [0.717, 1.165) is 29.6 Å². The number of hydrogen-bond donors (Lipinski definition) is 0.